The van der Waals surface area contributed by atoms with Crippen LogP contribution >= 0.6 is 0 Å². The number of hydrogen-bond acceptors (Lipinski definition) is 2. The van der Waals surface area contributed by atoms with Gasteiger partial charge in [-0.2, -0.15) is 0 Å². The minimum absolute atomic E-state index is 0.473. The van der Waals surface area contributed by atoms with E-state index in [4.69, 9.17) is 0 Å². The van der Waals surface area contributed by atoms with Gasteiger partial charge < -0.3 is 5.11 Å². The molecule has 4 fully saturated rings. The highest BCUT2D eigenvalue weighted by Crippen LogP contribution is 2.47. The van der Waals surface area contributed by atoms with Crippen molar-refractivity contribution in [3.63, 3.8) is 0 Å². The highest BCUT2D eigenvalue weighted by molar-refractivity contribution is 4.97. The molecule has 4 rings (SSSR count). The molecule has 0 aromatic heterocycles. The maximum Gasteiger partial charge on any atom is 0.116 e. The molecule has 2 N–H and O–H groups in total. The van der Waals surface area contributed by atoms with Crippen molar-refractivity contribution in [1.29, 1.82) is 0 Å². The zero-order chi connectivity index (χ0) is 8.18. The molecule has 2 atom stereocenters. The molecule has 2 saturated carbocycles. The lowest BCUT2D eigenvalue weighted by molar-refractivity contribution is -0.0583. The molecule has 4 aliphatic rings. The van der Waals surface area contributed by atoms with Crippen LogP contribution in [-0.2, 0) is 0 Å². The van der Waals surface area contributed by atoms with Gasteiger partial charge in [-0.15, -0.1) is 0 Å². The molecule has 2 nitrogen and oxygen atoms in total. The van der Waals surface area contributed by atoms with Crippen molar-refractivity contribution in [2.24, 2.45) is 17.8 Å². The third kappa shape index (κ3) is 1.01. The second kappa shape index (κ2) is 2.24. The summed E-state index contributed by atoms with van der Waals surface area (Å²) >= 11 is 0. The van der Waals surface area contributed by atoms with Gasteiger partial charge in [-0.3, -0.25) is 5.32 Å². The van der Waals surface area contributed by atoms with Crippen molar-refractivity contribution >= 4 is 0 Å². The van der Waals surface area contributed by atoms with Crippen LogP contribution in [0.3, 0.4) is 0 Å². The lowest BCUT2D eigenvalue weighted by Crippen LogP contribution is -2.48. The molecule has 0 spiro atoms. The van der Waals surface area contributed by atoms with Gasteiger partial charge >= 0.3 is 0 Å². The largest absolute Gasteiger partial charge is 0.376 e. The van der Waals surface area contributed by atoms with E-state index in [0.29, 0.717) is 0 Å². The monoisotopic (exact) mass is 167 g/mol. The van der Waals surface area contributed by atoms with Gasteiger partial charge in [0.15, 0.2) is 0 Å². The smallest absolute Gasteiger partial charge is 0.116 e. The van der Waals surface area contributed by atoms with Crippen molar-refractivity contribution in [3.8, 4) is 0 Å². The normalized spacial score (nSPS) is 57.2. The Bertz CT molecular complexity index is 190. The van der Waals surface area contributed by atoms with E-state index in [-0.39, 0.29) is 0 Å². The van der Waals surface area contributed by atoms with Gasteiger partial charge in [0, 0.05) is 6.54 Å². The number of hydrogen-bond donors (Lipinski definition) is 2. The third-order valence-electron chi connectivity index (χ3n) is 3.97. The summed E-state index contributed by atoms with van der Waals surface area (Å²) in [6, 6.07) is 0. The van der Waals surface area contributed by atoms with E-state index in [1.165, 1.54) is 19.3 Å². The fraction of sp³-hybridized carbons (Fsp3) is 1.00. The third-order valence-corrected chi connectivity index (χ3v) is 3.97. The van der Waals surface area contributed by atoms with E-state index in [2.05, 4.69) is 5.32 Å². The molecule has 4 bridgehead atoms. The molecule has 68 valence electrons. The Morgan fingerprint density at radius 3 is 2.25 bits per heavy atom. The standard InChI is InChI=1S/C10H17NO/c12-10-4-7-1-8(5-10)3-9(2-7)6-11-10/h7-9,11-12H,1-6H2. The molecule has 2 saturated heterocycles. The molecule has 2 unspecified atom stereocenters. The van der Waals surface area contributed by atoms with Crippen LogP contribution in [0.5, 0.6) is 0 Å². The summed E-state index contributed by atoms with van der Waals surface area (Å²) < 4.78 is 0. The zero-order valence-electron chi connectivity index (χ0n) is 7.42. The molecular weight excluding hydrogens is 150 g/mol. The number of fused-ring (bicyclic) bond motifs is 1. The quantitative estimate of drug-likeness (QED) is 0.566. The summed E-state index contributed by atoms with van der Waals surface area (Å²) in [4.78, 5) is 0. The average molecular weight is 167 g/mol. The molecule has 2 aliphatic carbocycles. The first-order valence-electron chi connectivity index (χ1n) is 5.21. The molecule has 0 aromatic carbocycles. The maximum atomic E-state index is 10.2. The first kappa shape index (κ1) is 7.34. The maximum absolute atomic E-state index is 10.2. The van der Waals surface area contributed by atoms with E-state index >= 15 is 0 Å². The van der Waals surface area contributed by atoms with Crippen molar-refractivity contribution in [3.05, 3.63) is 0 Å². The van der Waals surface area contributed by atoms with Crippen LogP contribution in [0.2, 0.25) is 0 Å². The molecule has 0 amide bonds. The fourth-order valence-electron chi connectivity index (χ4n) is 3.72. The van der Waals surface area contributed by atoms with E-state index in [1.54, 1.807) is 0 Å². The van der Waals surface area contributed by atoms with Crippen molar-refractivity contribution in [2.75, 3.05) is 6.54 Å². The van der Waals surface area contributed by atoms with Crippen LogP contribution in [-0.4, -0.2) is 17.4 Å². The van der Waals surface area contributed by atoms with Crippen LogP contribution in [0.15, 0.2) is 0 Å². The van der Waals surface area contributed by atoms with Crippen LogP contribution in [0.1, 0.15) is 32.1 Å². The van der Waals surface area contributed by atoms with Crippen molar-refractivity contribution in [1.82, 2.24) is 5.32 Å². The molecule has 0 aromatic rings. The predicted octanol–water partition coefficient (Wildman–Crippen LogP) is 1.10. The van der Waals surface area contributed by atoms with E-state index in [1.807, 2.05) is 0 Å². The van der Waals surface area contributed by atoms with Crippen molar-refractivity contribution in [2.45, 2.75) is 37.8 Å². The number of rotatable bonds is 0. The summed E-state index contributed by atoms with van der Waals surface area (Å²) in [6.45, 7) is 1.06. The second-order valence-corrected chi connectivity index (χ2v) is 5.13. The number of nitrogens with one attached hydrogen (secondary N) is 1. The predicted molar refractivity (Wildman–Crippen MR) is 46.5 cm³/mol. The summed E-state index contributed by atoms with van der Waals surface area (Å²) in [5.41, 5.74) is -0.473. The van der Waals surface area contributed by atoms with E-state index < -0.39 is 5.72 Å². The lowest BCUT2D eigenvalue weighted by atomic mass is 9.67. The van der Waals surface area contributed by atoms with Gasteiger partial charge in [-0.1, -0.05) is 0 Å². The van der Waals surface area contributed by atoms with Gasteiger partial charge in [-0.25, -0.2) is 0 Å². The Labute approximate surface area is 73.4 Å². The molecule has 2 heterocycles. The van der Waals surface area contributed by atoms with E-state index in [0.717, 1.165) is 37.1 Å². The van der Waals surface area contributed by atoms with Crippen LogP contribution in [0.25, 0.3) is 0 Å². The molecule has 2 heteroatoms. The topological polar surface area (TPSA) is 32.3 Å². The molecular formula is C10H17NO. The second-order valence-electron chi connectivity index (χ2n) is 5.13. The average Bonchev–Trinajstić information content (AvgIpc) is 2.14. The van der Waals surface area contributed by atoms with Gasteiger partial charge in [0.25, 0.3) is 0 Å². The van der Waals surface area contributed by atoms with Gasteiger partial charge in [0.05, 0.1) is 0 Å². The van der Waals surface area contributed by atoms with Gasteiger partial charge in [0.2, 0.25) is 0 Å². The lowest BCUT2D eigenvalue weighted by Gasteiger charge is -2.41. The highest BCUT2D eigenvalue weighted by atomic mass is 16.3. The summed E-state index contributed by atoms with van der Waals surface area (Å²) in [7, 11) is 0. The van der Waals surface area contributed by atoms with Gasteiger partial charge in [-0.05, 0) is 49.9 Å². The highest BCUT2D eigenvalue weighted by Gasteiger charge is 2.46. The fourth-order valence-corrected chi connectivity index (χ4v) is 3.72. The molecule has 0 radical (unpaired) electrons. The first-order valence-corrected chi connectivity index (χ1v) is 5.21. The van der Waals surface area contributed by atoms with Crippen LogP contribution < -0.4 is 5.32 Å². The Kier molecular flexibility index (Phi) is 1.37. The number of aliphatic hydroxyl groups is 1. The van der Waals surface area contributed by atoms with Gasteiger partial charge in [0.1, 0.15) is 5.72 Å². The first-order chi connectivity index (χ1) is 5.73. The molecule has 2 aliphatic heterocycles. The minimum atomic E-state index is -0.473. The zero-order valence-corrected chi connectivity index (χ0v) is 7.42. The molecule has 12 heavy (non-hydrogen) atoms. The Balaban J connectivity index is 1.94. The van der Waals surface area contributed by atoms with E-state index in [9.17, 15) is 5.11 Å². The Morgan fingerprint density at radius 2 is 1.58 bits per heavy atom. The summed E-state index contributed by atoms with van der Waals surface area (Å²) in [5.74, 6) is 2.51. The minimum Gasteiger partial charge on any atom is -0.376 e. The van der Waals surface area contributed by atoms with Crippen LogP contribution in [0, 0.1) is 17.8 Å². The van der Waals surface area contributed by atoms with Crippen molar-refractivity contribution < 1.29 is 5.11 Å². The summed E-state index contributed by atoms with van der Waals surface area (Å²) in [6.07, 6.45) is 6.15. The summed E-state index contributed by atoms with van der Waals surface area (Å²) in [5, 5.41) is 13.5. The Morgan fingerprint density at radius 1 is 1.00 bits per heavy atom. The SMILES string of the molecule is OC12CC3CC(CN1)CC(C3)C2. The van der Waals surface area contributed by atoms with Crippen LogP contribution in [0.4, 0.5) is 0 Å². The Hall–Kier alpha value is -0.0800.